The molecule has 106 valence electrons. The quantitative estimate of drug-likeness (QED) is 0.782. The van der Waals surface area contributed by atoms with Crippen molar-refractivity contribution in [2.75, 3.05) is 37.9 Å². The molecule has 7 heteroatoms. The molecule has 1 aromatic rings. The highest BCUT2D eigenvalue weighted by Gasteiger charge is 2.23. The van der Waals surface area contributed by atoms with Crippen molar-refractivity contribution < 1.29 is 13.2 Å². The molecule has 3 N–H and O–H groups in total. The lowest BCUT2D eigenvalue weighted by molar-refractivity contribution is 0.121. The van der Waals surface area contributed by atoms with Gasteiger partial charge in [0.2, 0.25) is 10.0 Å². The predicted octanol–water partition coefficient (Wildman–Crippen LogP) is 0.402. The number of nitrogens with one attached hydrogen (secondary N) is 1. The zero-order valence-electron chi connectivity index (χ0n) is 11.1. The topological polar surface area (TPSA) is 84.7 Å². The third-order valence-corrected chi connectivity index (χ3v) is 4.88. The minimum Gasteiger partial charge on any atom is -0.398 e. The summed E-state index contributed by atoms with van der Waals surface area (Å²) in [5.74, 6) is 0. The molecule has 0 saturated carbocycles. The van der Waals surface area contributed by atoms with Crippen molar-refractivity contribution in [3.8, 4) is 0 Å². The summed E-state index contributed by atoms with van der Waals surface area (Å²) in [5, 5.41) is 0. The summed E-state index contributed by atoms with van der Waals surface area (Å²) in [5.41, 5.74) is 7.02. The predicted molar refractivity (Wildman–Crippen MR) is 74.7 cm³/mol. The highest BCUT2D eigenvalue weighted by molar-refractivity contribution is 7.89. The molecule has 19 heavy (non-hydrogen) atoms. The van der Waals surface area contributed by atoms with Crippen LogP contribution in [-0.2, 0) is 14.8 Å². The summed E-state index contributed by atoms with van der Waals surface area (Å²) in [6.45, 7) is 1.68. The zero-order chi connectivity index (χ0) is 14.0. The Bertz CT molecular complexity index is 559. The summed E-state index contributed by atoms with van der Waals surface area (Å²) in [6, 6.07) is 5.01. The minimum atomic E-state index is -3.50. The molecule has 1 aromatic carbocycles. The van der Waals surface area contributed by atoms with E-state index < -0.39 is 10.0 Å². The fourth-order valence-corrected chi connectivity index (χ4v) is 3.08. The third kappa shape index (κ3) is 2.83. The Hall–Kier alpha value is -1.31. The van der Waals surface area contributed by atoms with Gasteiger partial charge in [-0.15, -0.1) is 0 Å². The number of sulfonamides is 1. The Morgan fingerprint density at radius 1 is 1.47 bits per heavy atom. The molecule has 0 bridgehead atoms. The first-order valence-corrected chi connectivity index (χ1v) is 7.57. The lowest BCUT2D eigenvalue weighted by Crippen LogP contribution is -2.23. The van der Waals surface area contributed by atoms with E-state index in [1.165, 1.54) is 13.1 Å². The lowest BCUT2D eigenvalue weighted by Gasteiger charge is -2.19. The fraction of sp³-hybridized carbons (Fsp3) is 0.500. The van der Waals surface area contributed by atoms with Crippen molar-refractivity contribution in [3.05, 3.63) is 18.2 Å². The third-order valence-electron chi connectivity index (χ3n) is 3.40. The molecule has 1 atom stereocenters. The van der Waals surface area contributed by atoms with Gasteiger partial charge in [0.25, 0.3) is 0 Å². The normalized spacial score (nSPS) is 19.9. The van der Waals surface area contributed by atoms with Gasteiger partial charge in [0.15, 0.2) is 0 Å². The van der Waals surface area contributed by atoms with Crippen molar-refractivity contribution >= 4 is 21.4 Å². The van der Waals surface area contributed by atoms with Crippen LogP contribution in [0.4, 0.5) is 11.4 Å². The van der Waals surface area contributed by atoms with Gasteiger partial charge in [-0.3, -0.25) is 0 Å². The first-order chi connectivity index (χ1) is 8.97. The molecule has 0 aliphatic carbocycles. The second-order valence-corrected chi connectivity index (χ2v) is 6.38. The summed E-state index contributed by atoms with van der Waals surface area (Å²) in [7, 11) is -0.436. The maximum Gasteiger partial charge on any atom is 0.242 e. The summed E-state index contributed by atoms with van der Waals surface area (Å²) in [4.78, 5) is 2.25. The summed E-state index contributed by atoms with van der Waals surface area (Å²) >= 11 is 0. The van der Waals surface area contributed by atoms with E-state index in [4.69, 9.17) is 10.5 Å². The maximum atomic E-state index is 11.7. The molecule has 2 rings (SSSR count). The Morgan fingerprint density at radius 3 is 2.74 bits per heavy atom. The average Bonchev–Trinajstić information content (AvgIpc) is 2.87. The highest BCUT2D eigenvalue weighted by atomic mass is 32.2. The first kappa shape index (κ1) is 14.1. The van der Waals surface area contributed by atoms with Gasteiger partial charge in [0.1, 0.15) is 4.90 Å². The van der Waals surface area contributed by atoms with Crippen molar-refractivity contribution in [1.82, 2.24) is 4.72 Å². The number of hydrogen-bond acceptors (Lipinski definition) is 5. The van der Waals surface area contributed by atoms with Crippen LogP contribution in [-0.4, -0.2) is 41.8 Å². The maximum absolute atomic E-state index is 11.7. The van der Waals surface area contributed by atoms with E-state index in [1.807, 2.05) is 0 Å². The highest BCUT2D eigenvalue weighted by Crippen LogP contribution is 2.27. The number of ether oxygens (including phenoxy) is 1. The molecule has 1 heterocycles. The monoisotopic (exact) mass is 285 g/mol. The SMILES string of the molecule is CNS(=O)(=O)c1ccc(N2CCC(OC)C2)cc1N. The number of nitrogens with two attached hydrogens (primary N) is 1. The van der Waals surface area contributed by atoms with Gasteiger partial charge < -0.3 is 15.4 Å². The minimum absolute atomic E-state index is 0.112. The fourth-order valence-electron chi connectivity index (χ4n) is 2.24. The number of nitrogens with zero attached hydrogens (tertiary/aromatic N) is 1. The number of benzene rings is 1. The average molecular weight is 285 g/mol. The number of nitrogen functional groups attached to an aromatic ring is 1. The van der Waals surface area contributed by atoms with Crippen LogP contribution < -0.4 is 15.4 Å². The van der Waals surface area contributed by atoms with E-state index in [-0.39, 0.29) is 16.7 Å². The summed E-state index contributed by atoms with van der Waals surface area (Å²) in [6.07, 6.45) is 1.19. The van der Waals surface area contributed by atoms with Crippen molar-refractivity contribution in [3.63, 3.8) is 0 Å². The summed E-state index contributed by atoms with van der Waals surface area (Å²) < 4.78 is 31.0. The van der Waals surface area contributed by atoms with Crippen molar-refractivity contribution in [1.29, 1.82) is 0 Å². The van der Waals surface area contributed by atoms with Crippen LogP contribution in [0.5, 0.6) is 0 Å². The standard InChI is InChI=1S/C12H19N3O3S/c1-14-19(16,17)12-4-3-9(7-11(12)13)15-6-5-10(8-15)18-2/h3-4,7,10,14H,5-6,8,13H2,1-2H3. The molecule has 0 radical (unpaired) electrons. The zero-order valence-corrected chi connectivity index (χ0v) is 11.9. The van der Waals surface area contributed by atoms with Gasteiger partial charge >= 0.3 is 0 Å². The van der Waals surface area contributed by atoms with E-state index in [1.54, 1.807) is 19.2 Å². The van der Waals surface area contributed by atoms with Crippen LogP contribution in [0.3, 0.4) is 0 Å². The van der Waals surface area contributed by atoms with Gasteiger partial charge in [-0.05, 0) is 31.7 Å². The molecule has 1 fully saturated rings. The van der Waals surface area contributed by atoms with E-state index in [9.17, 15) is 8.42 Å². The van der Waals surface area contributed by atoms with Gasteiger partial charge in [-0.1, -0.05) is 0 Å². The number of rotatable bonds is 4. The molecule has 1 unspecified atom stereocenters. The molecule has 0 spiro atoms. The van der Waals surface area contributed by atoms with Crippen LogP contribution in [0.1, 0.15) is 6.42 Å². The van der Waals surface area contributed by atoms with Crippen LogP contribution in [0.25, 0.3) is 0 Å². The molecule has 1 aliphatic heterocycles. The van der Waals surface area contributed by atoms with Crippen LogP contribution in [0.2, 0.25) is 0 Å². The molecule has 0 aromatic heterocycles. The second-order valence-electron chi connectivity index (χ2n) is 4.52. The number of anilines is 2. The van der Waals surface area contributed by atoms with Gasteiger partial charge in [-0.25, -0.2) is 13.1 Å². The van der Waals surface area contributed by atoms with E-state index in [0.29, 0.717) is 0 Å². The van der Waals surface area contributed by atoms with E-state index in [2.05, 4.69) is 9.62 Å². The van der Waals surface area contributed by atoms with Crippen LogP contribution >= 0.6 is 0 Å². The van der Waals surface area contributed by atoms with Gasteiger partial charge in [-0.2, -0.15) is 0 Å². The Balaban J connectivity index is 2.25. The first-order valence-electron chi connectivity index (χ1n) is 6.08. The van der Waals surface area contributed by atoms with Crippen LogP contribution in [0, 0.1) is 0 Å². The largest absolute Gasteiger partial charge is 0.398 e. The lowest BCUT2D eigenvalue weighted by atomic mass is 10.2. The molecular weight excluding hydrogens is 266 g/mol. The van der Waals surface area contributed by atoms with Gasteiger partial charge in [0, 0.05) is 25.9 Å². The molecule has 1 aliphatic rings. The molecule has 1 saturated heterocycles. The Morgan fingerprint density at radius 2 is 2.21 bits per heavy atom. The van der Waals surface area contributed by atoms with Crippen molar-refractivity contribution in [2.24, 2.45) is 0 Å². The Kier molecular flexibility index (Phi) is 3.98. The molecule has 0 amide bonds. The molecule has 6 nitrogen and oxygen atoms in total. The smallest absolute Gasteiger partial charge is 0.242 e. The Labute approximate surface area is 113 Å². The van der Waals surface area contributed by atoms with E-state index in [0.717, 1.165) is 25.2 Å². The second kappa shape index (κ2) is 5.36. The van der Waals surface area contributed by atoms with E-state index >= 15 is 0 Å². The molecular formula is C12H19N3O3S. The van der Waals surface area contributed by atoms with Gasteiger partial charge in [0.05, 0.1) is 11.8 Å². The van der Waals surface area contributed by atoms with Crippen molar-refractivity contribution in [2.45, 2.75) is 17.4 Å². The number of hydrogen-bond donors (Lipinski definition) is 2. The van der Waals surface area contributed by atoms with Crippen LogP contribution in [0.15, 0.2) is 23.1 Å². The number of methoxy groups -OCH3 is 1.